The van der Waals surface area contributed by atoms with E-state index >= 15 is 0 Å². The van der Waals surface area contributed by atoms with Crippen molar-refractivity contribution < 1.29 is 89.4 Å². The van der Waals surface area contributed by atoms with Gasteiger partial charge in [-0.2, -0.15) is 0 Å². The number of nitrogens with one attached hydrogen (secondary N) is 1. The van der Waals surface area contributed by atoms with Crippen molar-refractivity contribution in [2.24, 2.45) is 0 Å². The summed E-state index contributed by atoms with van der Waals surface area (Å²) < 4.78 is 34.3. The summed E-state index contributed by atoms with van der Waals surface area (Å²) in [6, 6.07) is -1.00. The fourth-order valence-corrected chi connectivity index (χ4v) is 10.6. The Morgan fingerprint density at radius 1 is 0.416 bits per heavy atom. The van der Waals surface area contributed by atoms with Crippen LogP contribution in [0.4, 0.5) is 0 Å². The number of amides is 1. The van der Waals surface area contributed by atoms with E-state index in [2.05, 4.69) is 116 Å². The van der Waals surface area contributed by atoms with Crippen molar-refractivity contribution in [2.75, 3.05) is 26.4 Å². The Bertz CT molecular complexity index is 2040. The molecule has 3 saturated heterocycles. The lowest BCUT2D eigenvalue weighted by Crippen LogP contribution is -2.66. The first-order valence-corrected chi connectivity index (χ1v) is 33.6. The van der Waals surface area contributed by atoms with Crippen LogP contribution >= 0.6 is 0 Å². The summed E-state index contributed by atoms with van der Waals surface area (Å²) in [6.07, 6.45) is 40.6. The lowest BCUT2D eigenvalue weighted by molar-refractivity contribution is -0.379. The molecule has 17 atom stereocenters. The van der Waals surface area contributed by atoms with Gasteiger partial charge in [0.05, 0.1) is 38.6 Å². The number of hydrogen-bond acceptors (Lipinski definition) is 18. The number of carbonyl (C=O) groups is 1. The number of hydrogen-bond donors (Lipinski definition) is 12. The molecule has 89 heavy (non-hydrogen) atoms. The Hall–Kier alpha value is -3.55. The van der Waals surface area contributed by atoms with E-state index < -0.39 is 124 Å². The van der Waals surface area contributed by atoms with Gasteiger partial charge < -0.3 is 89.9 Å². The van der Waals surface area contributed by atoms with E-state index in [9.17, 15) is 61.0 Å². The summed E-state index contributed by atoms with van der Waals surface area (Å²) in [7, 11) is 0. The molecule has 510 valence electrons. The van der Waals surface area contributed by atoms with Crippen LogP contribution in [0.2, 0.25) is 0 Å². The molecule has 3 heterocycles. The normalized spacial score (nSPS) is 28.9. The lowest BCUT2D eigenvalue weighted by Gasteiger charge is -2.48. The predicted octanol–water partition coefficient (Wildman–Crippen LogP) is 8.27. The number of ether oxygens (including phenoxy) is 6. The molecule has 0 aromatic heterocycles. The van der Waals surface area contributed by atoms with Gasteiger partial charge in [-0.3, -0.25) is 4.79 Å². The molecule has 0 aliphatic carbocycles. The van der Waals surface area contributed by atoms with Crippen LogP contribution in [0.15, 0.2) is 109 Å². The zero-order chi connectivity index (χ0) is 64.7. The van der Waals surface area contributed by atoms with Gasteiger partial charge in [-0.05, 0) is 83.5 Å². The molecule has 3 aliphatic rings. The van der Waals surface area contributed by atoms with Crippen LogP contribution in [-0.4, -0.2) is 193 Å². The maximum atomic E-state index is 13.4. The monoisotopic (exact) mass is 1260 g/mol. The summed E-state index contributed by atoms with van der Waals surface area (Å²) in [5, 5.41) is 120. The predicted molar refractivity (Wildman–Crippen MR) is 346 cm³/mol. The van der Waals surface area contributed by atoms with Gasteiger partial charge in [-0.15, -0.1) is 0 Å². The number of carbonyl (C=O) groups excluding carboxylic acids is 1. The fourth-order valence-electron chi connectivity index (χ4n) is 10.6. The van der Waals surface area contributed by atoms with Crippen LogP contribution in [0.25, 0.3) is 0 Å². The molecule has 17 unspecified atom stereocenters. The van der Waals surface area contributed by atoms with E-state index in [0.717, 1.165) is 89.9 Å². The van der Waals surface area contributed by atoms with E-state index in [-0.39, 0.29) is 18.9 Å². The smallest absolute Gasteiger partial charge is 0.220 e. The molecular formula is C70H117NO18. The second-order valence-corrected chi connectivity index (χ2v) is 23.6. The van der Waals surface area contributed by atoms with E-state index in [4.69, 9.17) is 28.4 Å². The zero-order valence-corrected chi connectivity index (χ0v) is 53.6. The molecule has 0 aromatic rings. The van der Waals surface area contributed by atoms with Gasteiger partial charge in [0, 0.05) is 6.42 Å². The third kappa shape index (κ3) is 33.2. The van der Waals surface area contributed by atoms with Crippen LogP contribution in [0.3, 0.4) is 0 Å². The molecule has 12 N–H and O–H groups in total. The van der Waals surface area contributed by atoms with Crippen molar-refractivity contribution in [1.29, 1.82) is 0 Å². The Morgan fingerprint density at radius 2 is 0.775 bits per heavy atom. The zero-order valence-electron chi connectivity index (χ0n) is 53.6. The largest absolute Gasteiger partial charge is 0.394 e. The van der Waals surface area contributed by atoms with E-state index in [1.807, 2.05) is 6.08 Å². The maximum absolute atomic E-state index is 13.4. The highest BCUT2D eigenvalue weighted by molar-refractivity contribution is 5.76. The number of aliphatic hydroxyl groups excluding tert-OH is 11. The fraction of sp³-hybridized carbons (Fsp3) is 0.729. The van der Waals surface area contributed by atoms with E-state index in [1.165, 1.54) is 77.0 Å². The Balaban J connectivity index is 1.47. The maximum Gasteiger partial charge on any atom is 0.220 e. The highest BCUT2D eigenvalue weighted by Crippen LogP contribution is 2.33. The first-order chi connectivity index (χ1) is 43.3. The molecule has 0 aromatic carbocycles. The number of rotatable bonds is 49. The number of aliphatic hydroxyl groups is 11. The Morgan fingerprint density at radius 3 is 1.21 bits per heavy atom. The summed E-state index contributed by atoms with van der Waals surface area (Å²) in [4.78, 5) is 13.4. The minimum atomic E-state index is -1.99. The molecule has 0 radical (unpaired) electrons. The summed E-state index contributed by atoms with van der Waals surface area (Å²) >= 11 is 0. The minimum Gasteiger partial charge on any atom is -0.394 e. The summed E-state index contributed by atoms with van der Waals surface area (Å²) in [5.74, 6) is -0.322. The van der Waals surface area contributed by atoms with Gasteiger partial charge in [-0.25, -0.2) is 0 Å². The second kappa shape index (κ2) is 50.9. The lowest BCUT2D eigenvalue weighted by atomic mass is 9.96. The van der Waals surface area contributed by atoms with Gasteiger partial charge in [-0.1, -0.05) is 213 Å². The SMILES string of the molecule is CC/C=C\C/C=C\C/C=C\C/C=C\C/C=C\C/C=C\C/C=C\C/C=C\CCCCC(=O)NC(COC1OC(CO)C(OC2OC(CO)C(OC3OC(CO)C(O)C(O)C3O)C(O)C2O)C(O)C1O)C(O)/C=C/CCCCCCCCCCCCCCCCC. The van der Waals surface area contributed by atoms with Gasteiger partial charge in [0.2, 0.25) is 5.91 Å². The standard InChI is InChI=1S/C70H117NO18/c1-3-5-7-9-11-13-15-17-19-21-22-23-24-25-26-27-28-29-30-32-34-36-38-40-42-44-46-48-58(76)71-53(54(75)47-45-43-41-39-37-35-33-31-20-18-16-14-12-10-8-6-4-2)52-84-68-64(82)61(79)66(56(50-73)86-68)89-70-65(83)62(80)67(57(51-74)87-70)88-69-63(81)60(78)59(77)55(49-72)85-69/h5,7,11,13,17,19,22-23,25-26,28-29,32,34,38,40,45,47,53-57,59-70,72-75,77-83H,3-4,6,8-10,12,14-16,18,20-21,24,27,30-31,33,35-37,39,41-44,46,48-52H2,1-2H3,(H,71,76)/b7-5-,13-11-,19-17-,23-22-,26-25-,29-28-,34-32-,40-38-,47-45+. The Labute approximate surface area is 532 Å². The van der Waals surface area contributed by atoms with Gasteiger partial charge in [0.1, 0.15) is 73.2 Å². The van der Waals surface area contributed by atoms with Crippen molar-refractivity contribution in [2.45, 2.75) is 298 Å². The van der Waals surface area contributed by atoms with Crippen LogP contribution < -0.4 is 5.32 Å². The van der Waals surface area contributed by atoms with Gasteiger partial charge in [0.25, 0.3) is 0 Å². The summed E-state index contributed by atoms with van der Waals surface area (Å²) in [6.45, 7) is 1.57. The molecule has 0 bridgehead atoms. The molecule has 19 nitrogen and oxygen atoms in total. The summed E-state index contributed by atoms with van der Waals surface area (Å²) in [5.41, 5.74) is 0. The van der Waals surface area contributed by atoms with Crippen molar-refractivity contribution in [1.82, 2.24) is 5.32 Å². The molecule has 0 spiro atoms. The number of allylic oxidation sites excluding steroid dienone is 17. The molecule has 3 fully saturated rings. The van der Waals surface area contributed by atoms with Gasteiger partial charge >= 0.3 is 0 Å². The van der Waals surface area contributed by atoms with Crippen LogP contribution in [0, 0.1) is 0 Å². The Kier molecular flexibility index (Phi) is 45.6. The molecule has 0 saturated carbocycles. The molecular weight excluding hydrogens is 1140 g/mol. The minimum absolute atomic E-state index is 0.181. The second-order valence-electron chi connectivity index (χ2n) is 23.6. The first kappa shape index (κ1) is 79.7. The highest BCUT2D eigenvalue weighted by Gasteiger charge is 2.53. The average molecular weight is 1260 g/mol. The molecule has 3 rings (SSSR count). The third-order valence-electron chi connectivity index (χ3n) is 16.1. The first-order valence-electron chi connectivity index (χ1n) is 33.6. The van der Waals surface area contributed by atoms with Crippen LogP contribution in [-0.2, 0) is 33.2 Å². The molecule has 1 amide bonds. The number of unbranched alkanes of at least 4 members (excludes halogenated alkanes) is 17. The highest BCUT2D eigenvalue weighted by atomic mass is 16.8. The average Bonchev–Trinajstić information content (AvgIpc) is 2.46. The third-order valence-corrected chi connectivity index (χ3v) is 16.1. The van der Waals surface area contributed by atoms with Crippen LogP contribution in [0.1, 0.15) is 194 Å². The van der Waals surface area contributed by atoms with Gasteiger partial charge in [0.15, 0.2) is 18.9 Å². The van der Waals surface area contributed by atoms with Crippen LogP contribution in [0.5, 0.6) is 0 Å². The van der Waals surface area contributed by atoms with Crippen molar-refractivity contribution in [3.05, 3.63) is 109 Å². The van der Waals surface area contributed by atoms with Crippen molar-refractivity contribution in [3.8, 4) is 0 Å². The van der Waals surface area contributed by atoms with E-state index in [0.29, 0.717) is 6.42 Å². The molecule has 3 aliphatic heterocycles. The van der Waals surface area contributed by atoms with E-state index in [1.54, 1.807) is 6.08 Å². The molecule has 19 heteroatoms. The van der Waals surface area contributed by atoms with Crippen molar-refractivity contribution >= 4 is 5.91 Å². The topological polar surface area (TPSA) is 307 Å². The quantitative estimate of drug-likeness (QED) is 0.0201. The van der Waals surface area contributed by atoms with Crippen molar-refractivity contribution in [3.63, 3.8) is 0 Å².